The predicted molar refractivity (Wildman–Crippen MR) is 113 cm³/mol. The average Bonchev–Trinajstić information content (AvgIpc) is 2.71. The number of ether oxygens (including phenoxy) is 2. The monoisotopic (exact) mass is 387 g/mol. The Balaban J connectivity index is 1.69. The number of nitrogens with one attached hydrogen (secondary N) is 1. The normalized spacial score (nSPS) is 32.6. The van der Waals surface area contributed by atoms with Gasteiger partial charge in [-0.05, 0) is 49.1 Å². The van der Waals surface area contributed by atoms with Crippen LogP contribution < -0.4 is 14.8 Å². The number of methoxy groups -OCH3 is 1. The number of benzene rings is 2. The molecule has 2 N–H and O–H groups in total. The van der Waals surface area contributed by atoms with Crippen molar-refractivity contribution in [2.24, 2.45) is 11.8 Å². The Labute approximate surface area is 170 Å². The van der Waals surface area contributed by atoms with Crippen molar-refractivity contribution in [3.8, 4) is 11.5 Å². The SMILES string of the molecule is COc1cccc2c1C1=CCC3NC(C)(C)C=C4c5ccccc5C(O)(O2)C1C43. The van der Waals surface area contributed by atoms with Crippen molar-refractivity contribution < 1.29 is 14.6 Å². The van der Waals surface area contributed by atoms with E-state index in [9.17, 15) is 5.11 Å². The highest BCUT2D eigenvalue weighted by atomic mass is 16.6. The van der Waals surface area contributed by atoms with Gasteiger partial charge in [-0.1, -0.05) is 42.5 Å². The van der Waals surface area contributed by atoms with Gasteiger partial charge in [0.05, 0.1) is 18.6 Å². The van der Waals surface area contributed by atoms with E-state index in [1.54, 1.807) is 7.11 Å². The molecule has 4 nitrogen and oxygen atoms in total. The van der Waals surface area contributed by atoms with Crippen LogP contribution in [-0.2, 0) is 5.79 Å². The Morgan fingerprint density at radius 1 is 1.10 bits per heavy atom. The second-order valence-corrected chi connectivity index (χ2v) is 9.15. The van der Waals surface area contributed by atoms with E-state index in [0.717, 1.165) is 34.4 Å². The van der Waals surface area contributed by atoms with Crippen LogP contribution >= 0.6 is 0 Å². The van der Waals surface area contributed by atoms with Crippen LogP contribution in [-0.4, -0.2) is 23.8 Å². The van der Waals surface area contributed by atoms with Crippen molar-refractivity contribution >= 4 is 11.1 Å². The highest BCUT2D eigenvalue weighted by Gasteiger charge is 2.60. The van der Waals surface area contributed by atoms with E-state index in [2.05, 4.69) is 37.4 Å². The van der Waals surface area contributed by atoms with E-state index >= 15 is 0 Å². The molecule has 2 aliphatic carbocycles. The highest BCUT2D eigenvalue weighted by molar-refractivity contribution is 5.87. The quantitative estimate of drug-likeness (QED) is 0.774. The van der Waals surface area contributed by atoms with E-state index in [4.69, 9.17) is 9.47 Å². The van der Waals surface area contributed by atoms with Crippen LogP contribution in [0.25, 0.3) is 11.1 Å². The van der Waals surface area contributed by atoms with E-state index in [1.807, 2.05) is 36.4 Å². The van der Waals surface area contributed by atoms with Gasteiger partial charge in [-0.3, -0.25) is 0 Å². The first kappa shape index (κ1) is 17.3. The van der Waals surface area contributed by atoms with Gasteiger partial charge in [0.25, 0.3) is 0 Å². The molecule has 148 valence electrons. The van der Waals surface area contributed by atoms with E-state index < -0.39 is 5.79 Å². The van der Waals surface area contributed by atoms with Gasteiger partial charge in [-0.2, -0.15) is 0 Å². The molecule has 0 saturated heterocycles. The van der Waals surface area contributed by atoms with Crippen molar-refractivity contribution in [2.45, 2.75) is 37.6 Å². The minimum absolute atomic E-state index is 0.102. The number of aliphatic hydroxyl groups is 1. The van der Waals surface area contributed by atoms with Gasteiger partial charge < -0.3 is 19.9 Å². The zero-order valence-corrected chi connectivity index (χ0v) is 16.9. The number of rotatable bonds is 1. The molecule has 0 bridgehead atoms. The molecule has 2 aliphatic heterocycles. The van der Waals surface area contributed by atoms with E-state index in [0.29, 0.717) is 5.75 Å². The fraction of sp³-hybridized carbons (Fsp3) is 0.360. The fourth-order valence-electron chi connectivity index (χ4n) is 6.02. The minimum atomic E-state index is -1.40. The molecular formula is C25H25NO3. The van der Waals surface area contributed by atoms with Crippen LogP contribution in [0.5, 0.6) is 11.5 Å². The second kappa shape index (κ2) is 5.53. The molecule has 2 aromatic carbocycles. The molecule has 4 heteroatoms. The number of hydrogen-bond acceptors (Lipinski definition) is 4. The molecule has 0 radical (unpaired) electrons. The predicted octanol–water partition coefficient (Wildman–Crippen LogP) is 4.10. The lowest BCUT2D eigenvalue weighted by molar-refractivity contribution is -0.192. The lowest BCUT2D eigenvalue weighted by atomic mass is 9.57. The molecule has 2 heterocycles. The molecule has 0 saturated carbocycles. The maximum atomic E-state index is 12.1. The van der Waals surface area contributed by atoms with Crippen molar-refractivity contribution in [1.29, 1.82) is 0 Å². The summed E-state index contributed by atoms with van der Waals surface area (Å²) in [5, 5.41) is 15.9. The molecule has 29 heavy (non-hydrogen) atoms. The third kappa shape index (κ3) is 2.16. The first-order valence-corrected chi connectivity index (χ1v) is 10.3. The molecule has 0 amide bonds. The Kier molecular flexibility index (Phi) is 3.30. The highest BCUT2D eigenvalue weighted by Crippen LogP contribution is 2.62. The maximum Gasteiger partial charge on any atom is 0.243 e. The second-order valence-electron chi connectivity index (χ2n) is 9.15. The lowest BCUT2D eigenvalue weighted by Gasteiger charge is -2.56. The topological polar surface area (TPSA) is 50.7 Å². The van der Waals surface area contributed by atoms with Crippen molar-refractivity contribution in [3.63, 3.8) is 0 Å². The summed E-state index contributed by atoms with van der Waals surface area (Å²) in [5.41, 5.74) is 5.28. The Bertz CT molecular complexity index is 1100. The number of hydrogen-bond donors (Lipinski definition) is 2. The number of fused-ring (bicyclic) bond motifs is 5. The van der Waals surface area contributed by atoms with Crippen molar-refractivity contribution in [1.82, 2.24) is 5.32 Å². The summed E-state index contributed by atoms with van der Waals surface area (Å²) in [7, 11) is 1.69. The average molecular weight is 387 g/mol. The van der Waals surface area contributed by atoms with Gasteiger partial charge in [-0.25, -0.2) is 0 Å². The lowest BCUT2D eigenvalue weighted by Crippen LogP contribution is -2.61. The molecule has 4 unspecified atom stereocenters. The van der Waals surface area contributed by atoms with Gasteiger partial charge >= 0.3 is 0 Å². The first-order valence-electron chi connectivity index (χ1n) is 10.3. The summed E-state index contributed by atoms with van der Waals surface area (Å²) in [6.07, 6.45) is 5.53. The van der Waals surface area contributed by atoms with Crippen LogP contribution in [0, 0.1) is 11.8 Å². The van der Waals surface area contributed by atoms with Crippen molar-refractivity contribution in [3.05, 3.63) is 71.3 Å². The Morgan fingerprint density at radius 2 is 1.93 bits per heavy atom. The zero-order chi connectivity index (χ0) is 20.0. The smallest absolute Gasteiger partial charge is 0.243 e. The van der Waals surface area contributed by atoms with Crippen LogP contribution in [0.4, 0.5) is 0 Å². The van der Waals surface area contributed by atoms with Crippen LogP contribution in [0.1, 0.15) is 37.0 Å². The Hall–Kier alpha value is -2.56. The van der Waals surface area contributed by atoms with Gasteiger partial charge in [0.2, 0.25) is 5.79 Å². The summed E-state index contributed by atoms with van der Waals surface area (Å²) in [5.74, 6) is 0.0312. The molecule has 6 rings (SSSR count). The summed E-state index contributed by atoms with van der Waals surface area (Å²) in [6, 6.07) is 14.2. The van der Waals surface area contributed by atoms with Gasteiger partial charge in [0, 0.05) is 23.1 Å². The molecule has 2 aromatic rings. The minimum Gasteiger partial charge on any atom is -0.496 e. The third-order valence-electron chi connectivity index (χ3n) is 6.96. The molecule has 4 atom stereocenters. The van der Waals surface area contributed by atoms with Crippen LogP contribution in [0.2, 0.25) is 0 Å². The summed E-state index contributed by atoms with van der Waals surface area (Å²) < 4.78 is 12.1. The summed E-state index contributed by atoms with van der Waals surface area (Å²) in [4.78, 5) is 0. The Morgan fingerprint density at radius 3 is 2.76 bits per heavy atom. The fourth-order valence-corrected chi connectivity index (χ4v) is 6.02. The molecule has 0 spiro atoms. The molecular weight excluding hydrogens is 362 g/mol. The summed E-state index contributed by atoms with van der Waals surface area (Å²) >= 11 is 0. The van der Waals surface area contributed by atoms with Crippen LogP contribution in [0.15, 0.2) is 54.6 Å². The van der Waals surface area contributed by atoms with Gasteiger partial charge in [0.15, 0.2) is 0 Å². The van der Waals surface area contributed by atoms with Crippen molar-refractivity contribution in [2.75, 3.05) is 7.11 Å². The van der Waals surface area contributed by atoms with Crippen LogP contribution in [0.3, 0.4) is 0 Å². The zero-order valence-electron chi connectivity index (χ0n) is 16.9. The summed E-state index contributed by atoms with van der Waals surface area (Å²) in [6.45, 7) is 4.43. The van der Waals surface area contributed by atoms with E-state index in [-0.39, 0.29) is 23.4 Å². The maximum absolute atomic E-state index is 12.1. The largest absolute Gasteiger partial charge is 0.496 e. The molecule has 4 aliphatic rings. The van der Waals surface area contributed by atoms with Gasteiger partial charge in [0.1, 0.15) is 11.5 Å². The van der Waals surface area contributed by atoms with E-state index in [1.165, 1.54) is 5.57 Å². The molecule has 0 fully saturated rings. The van der Waals surface area contributed by atoms with Gasteiger partial charge in [-0.15, -0.1) is 0 Å². The third-order valence-corrected chi connectivity index (χ3v) is 6.96. The standard InChI is InChI=1S/C25H25NO3/c1-24(2)13-16-14-7-4-5-8-17(14)25(27)23-15(11-12-18(26-24)21(16)23)22-19(28-3)9-6-10-20(22)29-25/h4-11,13,18,21,23,26-27H,12H2,1-3H3. The molecule has 0 aromatic heterocycles. The first-order chi connectivity index (χ1) is 13.9.